The highest BCUT2D eigenvalue weighted by Gasteiger charge is 2.28. The van der Waals surface area contributed by atoms with Gasteiger partial charge in [-0.1, -0.05) is 13.3 Å². The molecule has 1 amide bonds. The quantitative estimate of drug-likeness (QED) is 0.824. The first-order valence-electron chi connectivity index (χ1n) is 10.2. The lowest BCUT2D eigenvalue weighted by Gasteiger charge is -2.31. The Morgan fingerprint density at radius 1 is 1.33 bits per heavy atom. The number of methoxy groups -OCH3 is 1. The van der Waals surface area contributed by atoms with Crippen LogP contribution in [0.2, 0.25) is 0 Å². The molecule has 1 saturated carbocycles. The van der Waals surface area contributed by atoms with Crippen LogP contribution in [0.5, 0.6) is 0 Å². The zero-order valence-electron chi connectivity index (χ0n) is 16.7. The number of rotatable bonds is 5. The molecule has 2 heterocycles. The smallest absolute Gasteiger partial charge is 0.252 e. The van der Waals surface area contributed by atoms with Gasteiger partial charge in [0.1, 0.15) is 0 Å². The average Bonchev–Trinajstić information content (AvgIpc) is 2.68. The monoisotopic (exact) mass is 376 g/mol. The molecule has 2 aliphatic rings. The molecule has 1 aliphatic heterocycles. The minimum atomic E-state index is -0.301. The lowest BCUT2D eigenvalue weighted by molar-refractivity contribution is -0.128. The number of carbonyl (C=O) groups is 1. The van der Waals surface area contributed by atoms with Crippen LogP contribution in [-0.4, -0.2) is 42.2 Å². The molecule has 0 unspecified atom stereocenters. The number of anilines is 1. The van der Waals surface area contributed by atoms with E-state index >= 15 is 0 Å². The Balaban J connectivity index is 1.66. The van der Waals surface area contributed by atoms with E-state index in [4.69, 9.17) is 4.74 Å². The summed E-state index contributed by atoms with van der Waals surface area (Å²) in [5.41, 5.74) is 0.437. The topological polar surface area (TPSA) is 87.3 Å². The molecule has 3 atom stereocenters. The Kier molecular flexibility index (Phi) is 6.52. The van der Waals surface area contributed by atoms with Crippen LogP contribution in [0.4, 0.5) is 5.95 Å². The molecule has 2 N–H and O–H groups in total. The molecule has 0 bridgehead atoms. The summed E-state index contributed by atoms with van der Waals surface area (Å²) in [6, 6.07) is 1.19. The Bertz CT molecular complexity index is 697. The molecule has 3 rings (SSSR count). The van der Waals surface area contributed by atoms with E-state index in [2.05, 4.69) is 27.1 Å². The first kappa shape index (κ1) is 19.9. The van der Waals surface area contributed by atoms with Gasteiger partial charge in [0.15, 0.2) is 0 Å². The molecule has 1 aromatic rings. The SMILES string of the molecule is CO[C@@H]1CCC[C@H](C(=O)N[C@H](C)c2cc(=O)[nH]c(N3CCC(C)CC3)n2)C1. The number of nitrogens with zero attached hydrogens (tertiary/aromatic N) is 2. The second-order valence-electron chi connectivity index (χ2n) is 8.11. The Hall–Kier alpha value is -1.89. The van der Waals surface area contributed by atoms with Crippen molar-refractivity contribution in [1.29, 1.82) is 0 Å². The predicted molar refractivity (Wildman–Crippen MR) is 105 cm³/mol. The maximum absolute atomic E-state index is 12.7. The summed E-state index contributed by atoms with van der Waals surface area (Å²) in [5.74, 6) is 1.32. The van der Waals surface area contributed by atoms with E-state index in [0.717, 1.165) is 51.6 Å². The third kappa shape index (κ3) is 5.09. The minimum absolute atomic E-state index is 0.0275. The molecular weight excluding hydrogens is 344 g/mol. The molecule has 7 nitrogen and oxygen atoms in total. The summed E-state index contributed by atoms with van der Waals surface area (Å²) in [5, 5.41) is 3.05. The Morgan fingerprint density at radius 3 is 2.78 bits per heavy atom. The molecule has 7 heteroatoms. The molecule has 1 saturated heterocycles. The van der Waals surface area contributed by atoms with Gasteiger partial charge in [-0.2, -0.15) is 0 Å². The van der Waals surface area contributed by atoms with Gasteiger partial charge in [-0.3, -0.25) is 14.6 Å². The molecule has 0 aromatic carbocycles. The fraction of sp³-hybridized carbons (Fsp3) is 0.750. The predicted octanol–water partition coefficient (Wildman–Crippen LogP) is 2.39. The maximum atomic E-state index is 12.7. The number of nitrogens with one attached hydrogen (secondary N) is 2. The Labute approximate surface area is 160 Å². The number of H-pyrrole nitrogens is 1. The van der Waals surface area contributed by atoms with Gasteiger partial charge in [-0.05, 0) is 44.9 Å². The number of aromatic amines is 1. The van der Waals surface area contributed by atoms with Crippen LogP contribution in [0.3, 0.4) is 0 Å². The van der Waals surface area contributed by atoms with Crippen LogP contribution >= 0.6 is 0 Å². The van der Waals surface area contributed by atoms with Crippen molar-refractivity contribution in [2.75, 3.05) is 25.1 Å². The van der Waals surface area contributed by atoms with Gasteiger partial charge in [-0.25, -0.2) is 4.98 Å². The van der Waals surface area contributed by atoms with Gasteiger partial charge < -0.3 is 15.0 Å². The highest BCUT2D eigenvalue weighted by Crippen LogP contribution is 2.27. The van der Waals surface area contributed by atoms with E-state index in [1.807, 2.05) is 6.92 Å². The standard InChI is InChI=1S/C20H32N4O3/c1-13-7-9-24(10-8-13)20-22-17(12-18(25)23-20)14(2)21-19(26)15-5-4-6-16(11-15)27-3/h12-16H,4-11H2,1-3H3,(H,21,26)(H,22,23,25)/t14-,15+,16-/m1/s1. The van der Waals surface area contributed by atoms with E-state index in [1.165, 1.54) is 6.07 Å². The number of amides is 1. The van der Waals surface area contributed by atoms with Gasteiger partial charge in [0.2, 0.25) is 11.9 Å². The van der Waals surface area contributed by atoms with Crippen molar-refractivity contribution >= 4 is 11.9 Å². The van der Waals surface area contributed by atoms with Crippen LogP contribution in [0.25, 0.3) is 0 Å². The molecular formula is C20H32N4O3. The number of hydrogen-bond acceptors (Lipinski definition) is 5. The molecule has 150 valence electrons. The summed E-state index contributed by atoms with van der Waals surface area (Å²) in [6.07, 6.45) is 6.03. The molecule has 27 heavy (non-hydrogen) atoms. The third-order valence-corrected chi connectivity index (χ3v) is 5.96. The van der Waals surface area contributed by atoms with Crippen LogP contribution in [0.15, 0.2) is 10.9 Å². The highest BCUT2D eigenvalue weighted by molar-refractivity contribution is 5.79. The molecule has 0 radical (unpaired) electrons. The zero-order valence-corrected chi connectivity index (χ0v) is 16.7. The molecule has 2 fully saturated rings. The normalized spacial score (nSPS) is 25.2. The number of hydrogen-bond donors (Lipinski definition) is 2. The lowest BCUT2D eigenvalue weighted by atomic mass is 9.86. The number of aromatic nitrogens is 2. The second kappa shape index (κ2) is 8.87. The van der Waals surface area contributed by atoms with Gasteiger partial charge in [0, 0.05) is 32.2 Å². The summed E-state index contributed by atoms with van der Waals surface area (Å²) in [6.45, 7) is 5.93. The summed E-state index contributed by atoms with van der Waals surface area (Å²) in [7, 11) is 1.70. The average molecular weight is 377 g/mol. The summed E-state index contributed by atoms with van der Waals surface area (Å²) in [4.78, 5) is 34.4. The van der Waals surface area contributed by atoms with Crippen LogP contribution < -0.4 is 15.8 Å². The highest BCUT2D eigenvalue weighted by atomic mass is 16.5. The van der Waals surface area contributed by atoms with Crippen molar-refractivity contribution in [3.63, 3.8) is 0 Å². The van der Waals surface area contributed by atoms with Crippen LogP contribution in [0, 0.1) is 11.8 Å². The zero-order chi connectivity index (χ0) is 19.4. The van der Waals surface area contributed by atoms with Gasteiger partial charge in [0.05, 0.1) is 17.8 Å². The van der Waals surface area contributed by atoms with E-state index in [0.29, 0.717) is 17.6 Å². The first-order chi connectivity index (χ1) is 13.0. The second-order valence-corrected chi connectivity index (χ2v) is 8.11. The van der Waals surface area contributed by atoms with Crippen molar-refractivity contribution in [2.24, 2.45) is 11.8 Å². The van der Waals surface area contributed by atoms with Crippen molar-refractivity contribution < 1.29 is 9.53 Å². The molecule has 1 aliphatic carbocycles. The van der Waals surface area contributed by atoms with Crippen molar-refractivity contribution in [3.8, 4) is 0 Å². The van der Waals surface area contributed by atoms with Crippen molar-refractivity contribution in [2.45, 2.75) is 64.5 Å². The maximum Gasteiger partial charge on any atom is 0.252 e. The van der Waals surface area contributed by atoms with E-state index in [-0.39, 0.29) is 29.5 Å². The number of ether oxygens (including phenoxy) is 1. The van der Waals surface area contributed by atoms with Crippen LogP contribution in [-0.2, 0) is 9.53 Å². The van der Waals surface area contributed by atoms with Crippen LogP contribution in [0.1, 0.15) is 64.1 Å². The minimum Gasteiger partial charge on any atom is -0.381 e. The Morgan fingerprint density at radius 2 is 2.07 bits per heavy atom. The fourth-order valence-corrected chi connectivity index (χ4v) is 4.06. The first-order valence-corrected chi connectivity index (χ1v) is 10.2. The fourth-order valence-electron chi connectivity index (χ4n) is 4.06. The van der Waals surface area contributed by atoms with Gasteiger partial charge in [0.25, 0.3) is 5.56 Å². The summed E-state index contributed by atoms with van der Waals surface area (Å²) >= 11 is 0. The van der Waals surface area contributed by atoms with E-state index < -0.39 is 0 Å². The van der Waals surface area contributed by atoms with Crippen molar-refractivity contribution in [1.82, 2.24) is 15.3 Å². The van der Waals surface area contributed by atoms with Gasteiger partial charge >= 0.3 is 0 Å². The lowest BCUT2D eigenvalue weighted by Crippen LogP contribution is -2.38. The third-order valence-electron chi connectivity index (χ3n) is 5.96. The number of carbonyl (C=O) groups excluding carboxylic acids is 1. The van der Waals surface area contributed by atoms with E-state index in [1.54, 1.807) is 7.11 Å². The summed E-state index contributed by atoms with van der Waals surface area (Å²) < 4.78 is 5.42. The van der Waals surface area contributed by atoms with Crippen molar-refractivity contribution in [3.05, 3.63) is 22.1 Å². The molecule has 0 spiro atoms. The van der Waals surface area contributed by atoms with Gasteiger partial charge in [-0.15, -0.1) is 0 Å². The molecule has 1 aromatic heterocycles. The number of piperidine rings is 1. The van der Waals surface area contributed by atoms with E-state index in [9.17, 15) is 9.59 Å². The largest absolute Gasteiger partial charge is 0.381 e.